The Morgan fingerprint density at radius 1 is 1.21 bits per heavy atom. The van der Waals surface area contributed by atoms with E-state index in [1.165, 1.54) is 12.0 Å². The maximum atomic E-state index is 14.0. The van der Waals surface area contributed by atoms with Gasteiger partial charge in [-0.25, -0.2) is 0 Å². The molecule has 7 N–H and O–H groups in total. The zero-order chi connectivity index (χ0) is 28.4. The number of nitrogens with zero attached hydrogens (tertiary/aromatic N) is 2. The quantitative estimate of drug-likeness (QED) is 0.221. The molecule has 0 heterocycles. The van der Waals surface area contributed by atoms with E-state index in [1.807, 2.05) is 4.90 Å². The predicted octanol–water partition coefficient (Wildman–Crippen LogP) is 0.399. The number of benzene rings is 1. The van der Waals surface area contributed by atoms with Crippen molar-refractivity contribution in [3.8, 4) is 5.75 Å². The standard InChI is InChI=1S/C26H34N4O8/c1-10(28-38-6)12-9-15(29(2)3)13-7-11-8-14-19(30(4)5)22(33)18(25(27)36)24(35)26(14,37)23(34)16(11)21(32)17(13)20(12)31/h9-11,14,19,28,31,33-34,37H,7-8H2,1-6H3,(H2,27,36)/t10?,11-,14-,19-,26-/m0/s1. The maximum Gasteiger partial charge on any atom is 0.255 e. The van der Waals surface area contributed by atoms with Crippen LogP contribution >= 0.6 is 0 Å². The number of nitrogens with one attached hydrogen (secondary N) is 1. The molecule has 1 aromatic carbocycles. The summed E-state index contributed by atoms with van der Waals surface area (Å²) in [5.74, 6) is -6.77. The van der Waals surface area contributed by atoms with Crippen molar-refractivity contribution in [3.63, 3.8) is 0 Å². The number of amides is 1. The van der Waals surface area contributed by atoms with E-state index in [0.29, 0.717) is 16.8 Å². The molecule has 0 spiro atoms. The number of hydroxylamine groups is 1. The van der Waals surface area contributed by atoms with E-state index >= 15 is 0 Å². The normalized spacial score (nSPS) is 27.7. The van der Waals surface area contributed by atoms with E-state index in [4.69, 9.17) is 10.6 Å². The number of ketones is 2. The molecule has 0 saturated heterocycles. The van der Waals surface area contributed by atoms with Crippen LogP contribution in [0.3, 0.4) is 0 Å². The number of primary amides is 1. The Labute approximate surface area is 219 Å². The van der Waals surface area contributed by atoms with Crippen molar-refractivity contribution in [2.75, 3.05) is 40.2 Å². The van der Waals surface area contributed by atoms with Gasteiger partial charge in [-0.05, 0) is 51.4 Å². The number of fused-ring (bicyclic) bond motifs is 3. The number of aliphatic hydroxyl groups excluding tert-OH is 2. The van der Waals surface area contributed by atoms with Gasteiger partial charge in [0.2, 0.25) is 5.78 Å². The first-order valence-corrected chi connectivity index (χ1v) is 12.2. The van der Waals surface area contributed by atoms with Crippen LogP contribution in [-0.4, -0.2) is 89.7 Å². The van der Waals surface area contributed by atoms with Crippen molar-refractivity contribution in [2.45, 2.75) is 37.5 Å². The number of rotatable bonds is 6. The number of hydrogen-bond acceptors (Lipinski definition) is 11. The Balaban J connectivity index is 1.98. The molecular formula is C26H34N4O8. The third kappa shape index (κ3) is 3.70. The molecule has 1 aromatic rings. The number of carbonyl (C=O) groups excluding carboxylic acids is 3. The van der Waals surface area contributed by atoms with Crippen molar-refractivity contribution >= 4 is 23.2 Å². The second-order valence-corrected chi connectivity index (χ2v) is 10.6. The zero-order valence-electron chi connectivity index (χ0n) is 22.2. The number of aromatic hydroxyl groups is 1. The molecule has 3 aliphatic carbocycles. The Kier molecular flexibility index (Phi) is 6.81. The first-order valence-electron chi connectivity index (χ1n) is 12.2. The van der Waals surface area contributed by atoms with Crippen LogP contribution in [0.4, 0.5) is 5.69 Å². The van der Waals surface area contributed by atoms with E-state index in [1.54, 1.807) is 41.2 Å². The molecule has 12 heteroatoms. The van der Waals surface area contributed by atoms with Gasteiger partial charge in [0.25, 0.3) is 5.91 Å². The lowest BCUT2D eigenvalue weighted by Gasteiger charge is -2.50. The lowest BCUT2D eigenvalue weighted by Crippen LogP contribution is -2.63. The number of phenolic OH excluding ortho intramolecular Hbond substituents is 1. The van der Waals surface area contributed by atoms with Crippen molar-refractivity contribution in [1.29, 1.82) is 0 Å². The van der Waals surface area contributed by atoms with Crippen molar-refractivity contribution in [1.82, 2.24) is 10.4 Å². The van der Waals surface area contributed by atoms with Gasteiger partial charge in [0.1, 0.15) is 22.8 Å². The minimum atomic E-state index is -2.67. The van der Waals surface area contributed by atoms with E-state index in [0.717, 1.165) is 0 Å². The van der Waals surface area contributed by atoms with Crippen LogP contribution in [0.1, 0.15) is 40.9 Å². The molecule has 5 atom stereocenters. The largest absolute Gasteiger partial charge is 0.510 e. The van der Waals surface area contributed by atoms with E-state index in [-0.39, 0.29) is 29.7 Å². The molecule has 3 aliphatic rings. The van der Waals surface area contributed by atoms with Crippen LogP contribution in [-0.2, 0) is 20.8 Å². The van der Waals surface area contributed by atoms with Crippen LogP contribution in [0.5, 0.6) is 5.75 Å². The third-order valence-corrected chi connectivity index (χ3v) is 7.97. The van der Waals surface area contributed by atoms with Gasteiger partial charge in [0.15, 0.2) is 11.4 Å². The fraction of sp³-hybridized carbons (Fsp3) is 0.500. The first-order chi connectivity index (χ1) is 17.7. The molecule has 0 aliphatic heterocycles. The van der Waals surface area contributed by atoms with Crippen LogP contribution in [0.25, 0.3) is 0 Å². The number of nitrogens with two attached hydrogens (primary N) is 1. The van der Waals surface area contributed by atoms with Crippen molar-refractivity contribution in [3.05, 3.63) is 45.4 Å². The number of hydrogen-bond donors (Lipinski definition) is 6. The molecule has 0 bridgehead atoms. The maximum absolute atomic E-state index is 14.0. The van der Waals surface area contributed by atoms with Gasteiger partial charge in [-0.2, -0.15) is 5.48 Å². The Bertz CT molecular complexity index is 1300. The SMILES string of the molecule is CONC(C)c1cc(N(C)C)c2c(c1O)C(=O)C1=C(O)[C@]3(O)C(=O)C(C(N)=O)=C(O)[C@@H](N(C)C)[C@@H]3C[C@@H]1C2. The molecule has 1 unspecified atom stereocenters. The summed E-state index contributed by atoms with van der Waals surface area (Å²) in [6.07, 6.45) is 0.241. The highest BCUT2D eigenvalue weighted by molar-refractivity contribution is 6.25. The summed E-state index contributed by atoms with van der Waals surface area (Å²) in [5, 5.41) is 45.2. The summed E-state index contributed by atoms with van der Waals surface area (Å²) in [6, 6.07) is 0.210. The summed E-state index contributed by atoms with van der Waals surface area (Å²) in [5.41, 5.74) is 5.94. The number of anilines is 1. The molecule has 0 aromatic heterocycles. The van der Waals surface area contributed by atoms with Gasteiger partial charge in [-0.15, -0.1) is 0 Å². The molecule has 12 nitrogen and oxygen atoms in total. The number of Topliss-reactive ketones (excluding diaryl/α,β-unsaturated/α-hetero) is 2. The second-order valence-electron chi connectivity index (χ2n) is 10.6. The molecule has 1 amide bonds. The average molecular weight is 531 g/mol. The molecule has 206 valence electrons. The summed E-state index contributed by atoms with van der Waals surface area (Å²) in [4.78, 5) is 47.8. The smallest absolute Gasteiger partial charge is 0.255 e. The number of aliphatic hydroxyl groups is 3. The van der Waals surface area contributed by atoms with E-state index in [9.17, 15) is 34.8 Å². The van der Waals surface area contributed by atoms with Crippen LogP contribution in [0, 0.1) is 11.8 Å². The minimum Gasteiger partial charge on any atom is -0.510 e. The number of allylic oxidation sites excluding steroid dienone is 1. The Hall–Kier alpha value is -3.45. The first kappa shape index (κ1) is 27.6. The Morgan fingerprint density at radius 2 is 1.84 bits per heavy atom. The minimum absolute atomic E-state index is 0.0305. The summed E-state index contributed by atoms with van der Waals surface area (Å²) in [7, 11) is 8.20. The Morgan fingerprint density at radius 3 is 2.37 bits per heavy atom. The van der Waals surface area contributed by atoms with Crippen LogP contribution in [0.15, 0.2) is 28.7 Å². The topological polar surface area (TPSA) is 186 Å². The van der Waals surface area contributed by atoms with Crippen molar-refractivity contribution in [2.24, 2.45) is 17.6 Å². The van der Waals surface area contributed by atoms with Gasteiger partial charge in [-0.1, -0.05) is 0 Å². The average Bonchev–Trinajstić information content (AvgIpc) is 2.81. The molecule has 0 fully saturated rings. The molecular weight excluding hydrogens is 496 g/mol. The fourth-order valence-corrected chi connectivity index (χ4v) is 6.29. The zero-order valence-corrected chi connectivity index (χ0v) is 22.2. The molecule has 0 radical (unpaired) electrons. The van der Waals surface area contributed by atoms with Gasteiger partial charge >= 0.3 is 0 Å². The summed E-state index contributed by atoms with van der Waals surface area (Å²) < 4.78 is 0. The number of phenols is 1. The summed E-state index contributed by atoms with van der Waals surface area (Å²) in [6.45, 7) is 1.73. The highest BCUT2D eigenvalue weighted by Crippen LogP contribution is 2.53. The second kappa shape index (κ2) is 9.38. The molecule has 38 heavy (non-hydrogen) atoms. The van der Waals surface area contributed by atoms with Gasteiger partial charge in [-0.3, -0.25) is 19.3 Å². The number of carbonyl (C=O) groups is 3. The third-order valence-electron chi connectivity index (χ3n) is 7.97. The van der Waals surface area contributed by atoms with Gasteiger partial charge in [0.05, 0.1) is 24.8 Å². The predicted molar refractivity (Wildman–Crippen MR) is 137 cm³/mol. The van der Waals surface area contributed by atoms with Gasteiger partial charge < -0.3 is 35.9 Å². The van der Waals surface area contributed by atoms with Gasteiger partial charge in [0, 0.05) is 36.8 Å². The van der Waals surface area contributed by atoms with E-state index < -0.39 is 64.1 Å². The summed E-state index contributed by atoms with van der Waals surface area (Å²) >= 11 is 0. The monoisotopic (exact) mass is 530 g/mol. The van der Waals surface area contributed by atoms with Crippen LogP contribution < -0.4 is 16.1 Å². The number of likely N-dealkylation sites (N-methyl/N-ethyl adjacent to an activating group) is 1. The lowest BCUT2D eigenvalue weighted by atomic mass is 9.58. The van der Waals surface area contributed by atoms with Crippen LogP contribution in [0.2, 0.25) is 0 Å². The lowest BCUT2D eigenvalue weighted by molar-refractivity contribution is -0.148. The fourth-order valence-electron chi connectivity index (χ4n) is 6.29. The highest BCUT2D eigenvalue weighted by Gasteiger charge is 2.63. The molecule has 0 saturated carbocycles. The van der Waals surface area contributed by atoms with E-state index in [2.05, 4.69) is 5.48 Å². The van der Waals surface area contributed by atoms with Crippen molar-refractivity contribution < 1.29 is 39.6 Å². The molecule has 4 rings (SSSR count). The highest BCUT2D eigenvalue weighted by atomic mass is 16.6.